The zero-order valence-electron chi connectivity index (χ0n) is 14.3. The van der Waals surface area contributed by atoms with Gasteiger partial charge in [-0.25, -0.2) is 18.1 Å². The summed E-state index contributed by atoms with van der Waals surface area (Å²) in [6.07, 6.45) is 2.87. The van der Waals surface area contributed by atoms with Crippen LogP contribution >= 0.6 is 0 Å². The molecule has 0 amide bonds. The number of nitrogens with zero attached hydrogens (tertiary/aromatic N) is 1. The van der Waals surface area contributed by atoms with Crippen LogP contribution in [-0.2, 0) is 6.42 Å². The molecule has 0 saturated carbocycles. The zero-order chi connectivity index (χ0) is 19.0. The van der Waals surface area contributed by atoms with Gasteiger partial charge in [0.1, 0.15) is 17.5 Å². The minimum absolute atomic E-state index is 0.0209. The van der Waals surface area contributed by atoms with Gasteiger partial charge >= 0.3 is 5.69 Å². The molecule has 1 heterocycles. The molecule has 0 radical (unpaired) electrons. The summed E-state index contributed by atoms with van der Waals surface area (Å²) >= 11 is 0. The number of fused-ring (bicyclic) bond motifs is 1. The first-order valence-corrected chi connectivity index (χ1v) is 8.68. The van der Waals surface area contributed by atoms with Crippen LogP contribution < -0.4 is 16.6 Å². The fourth-order valence-electron chi connectivity index (χ4n) is 3.58. The number of hydrogen-bond donors (Lipinski definition) is 2. The molecule has 0 unspecified atom stereocenters. The summed E-state index contributed by atoms with van der Waals surface area (Å²) in [7, 11) is 0. The molecule has 5 nitrogen and oxygen atoms in total. The monoisotopic (exact) mass is 369 g/mol. The molecule has 1 aromatic heterocycles. The van der Waals surface area contributed by atoms with Gasteiger partial charge in [0.2, 0.25) is 0 Å². The first-order chi connectivity index (χ1) is 13.0. The van der Waals surface area contributed by atoms with Crippen molar-refractivity contribution in [3.63, 3.8) is 0 Å². The van der Waals surface area contributed by atoms with Gasteiger partial charge in [0.15, 0.2) is 0 Å². The Morgan fingerprint density at radius 3 is 2.52 bits per heavy atom. The molecule has 1 atom stereocenters. The highest BCUT2D eigenvalue weighted by molar-refractivity contribution is 5.42. The first kappa shape index (κ1) is 17.2. The summed E-state index contributed by atoms with van der Waals surface area (Å²) < 4.78 is 27.6. The second-order valence-electron chi connectivity index (χ2n) is 6.58. The lowest BCUT2D eigenvalue weighted by Gasteiger charge is -2.27. The van der Waals surface area contributed by atoms with Gasteiger partial charge in [0.25, 0.3) is 5.56 Å². The van der Waals surface area contributed by atoms with Gasteiger partial charge in [-0.05, 0) is 42.5 Å². The van der Waals surface area contributed by atoms with Crippen LogP contribution in [0.15, 0.2) is 58.1 Å². The smallest absolute Gasteiger partial charge is 0.334 e. The fraction of sp³-hybridized carbons (Fsp3) is 0.200. The lowest BCUT2D eigenvalue weighted by molar-refractivity contribution is 0.580. The van der Waals surface area contributed by atoms with E-state index in [1.54, 1.807) is 0 Å². The average Bonchev–Trinajstić information content (AvgIpc) is 2.61. The van der Waals surface area contributed by atoms with Crippen LogP contribution in [0.5, 0.6) is 0 Å². The fourth-order valence-corrected chi connectivity index (χ4v) is 3.58. The van der Waals surface area contributed by atoms with Crippen LogP contribution in [0.1, 0.15) is 30.0 Å². The Bertz CT molecular complexity index is 1070. The highest BCUT2D eigenvalue weighted by Gasteiger charge is 2.20. The number of halogens is 2. The number of H-pyrrole nitrogens is 1. The molecule has 0 aliphatic heterocycles. The molecular formula is C20H17F2N3O2. The van der Waals surface area contributed by atoms with E-state index >= 15 is 0 Å². The van der Waals surface area contributed by atoms with E-state index in [0.717, 1.165) is 37.0 Å². The normalized spacial score (nSPS) is 16.0. The predicted octanol–water partition coefficient (Wildman–Crippen LogP) is 3.29. The van der Waals surface area contributed by atoms with Gasteiger partial charge in [-0.1, -0.05) is 24.3 Å². The molecule has 3 aromatic rings. The first-order valence-electron chi connectivity index (χ1n) is 8.68. The topological polar surface area (TPSA) is 66.9 Å². The molecule has 7 heteroatoms. The largest absolute Gasteiger partial charge is 0.365 e. The summed E-state index contributed by atoms with van der Waals surface area (Å²) in [5.74, 6) is -1.45. The number of aromatic amines is 1. The van der Waals surface area contributed by atoms with Gasteiger partial charge < -0.3 is 5.32 Å². The SMILES string of the molecule is O=c1cc(N[C@H]2CCCc3ccccc32)[nH]c(=O)n1-c1cc(F)cc(F)c1. The van der Waals surface area contributed by atoms with Gasteiger partial charge in [0.05, 0.1) is 11.7 Å². The highest BCUT2D eigenvalue weighted by Crippen LogP contribution is 2.31. The molecule has 1 aliphatic rings. The van der Waals surface area contributed by atoms with Crippen molar-refractivity contribution < 1.29 is 8.78 Å². The molecule has 2 N–H and O–H groups in total. The second-order valence-corrected chi connectivity index (χ2v) is 6.58. The zero-order valence-corrected chi connectivity index (χ0v) is 14.3. The highest BCUT2D eigenvalue weighted by atomic mass is 19.1. The Morgan fingerprint density at radius 2 is 1.78 bits per heavy atom. The number of aryl methyl sites for hydroxylation is 1. The van der Waals surface area contributed by atoms with E-state index in [-0.39, 0.29) is 17.5 Å². The lowest BCUT2D eigenvalue weighted by Crippen LogP contribution is -2.34. The minimum Gasteiger partial charge on any atom is -0.365 e. The molecule has 0 saturated heterocycles. The molecule has 1 aliphatic carbocycles. The predicted molar refractivity (Wildman–Crippen MR) is 98.3 cm³/mol. The molecule has 27 heavy (non-hydrogen) atoms. The molecule has 0 spiro atoms. The van der Waals surface area contributed by atoms with E-state index in [9.17, 15) is 18.4 Å². The number of nitrogens with one attached hydrogen (secondary N) is 2. The average molecular weight is 369 g/mol. The molecule has 0 fully saturated rings. The van der Waals surface area contributed by atoms with Gasteiger partial charge in [0, 0.05) is 12.1 Å². The van der Waals surface area contributed by atoms with Crippen molar-refractivity contribution in [1.82, 2.24) is 9.55 Å². The summed E-state index contributed by atoms with van der Waals surface area (Å²) in [5, 5.41) is 3.20. The van der Waals surface area contributed by atoms with Crippen molar-refractivity contribution in [1.29, 1.82) is 0 Å². The molecule has 138 valence electrons. The number of rotatable bonds is 3. The van der Waals surface area contributed by atoms with Crippen molar-refractivity contribution in [3.8, 4) is 5.69 Å². The maximum Gasteiger partial charge on any atom is 0.334 e. The van der Waals surface area contributed by atoms with Crippen molar-refractivity contribution in [2.45, 2.75) is 25.3 Å². The van der Waals surface area contributed by atoms with Crippen LogP contribution in [0.3, 0.4) is 0 Å². The lowest BCUT2D eigenvalue weighted by atomic mass is 9.88. The van der Waals surface area contributed by atoms with Crippen LogP contribution in [0.25, 0.3) is 5.69 Å². The van der Waals surface area contributed by atoms with Crippen molar-refractivity contribution in [2.75, 3.05) is 5.32 Å². The minimum atomic E-state index is -0.864. The summed E-state index contributed by atoms with van der Waals surface area (Å²) in [4.78, 5) is 27.4. The summed E-state index contributed by atoms with van der Waals surface area (Å²) in [6, 6.07) is 11.8. The Balaban J connectivity index is 1.69. The van der Waals surface area contributed by atoms with Crippen LogP contribution in [0, 0.1) is 11.6 Å². The van der Waals surface area contributed by atoms with E-state index < -0.39 is 22.9 Å². The molecule has 0 bridgehead atoms. The Kier molecular flexibility index (Phi) is 4.35. The van der Waals surface area contributed by atoms with E-state index in [1.807, 2.05) is 18.2 Å². The Labute approximate surface area is 153 Å². The summed E-state index contributed by atoms with van der Waals surface area (Å²) in [6.45, 7) is 0. The van der Waals surface area contributed by atoms with Crippen molar-refractivity contribution in [2.24, 2.45) is 0 Å². The third kappa shape index (κ3) is 3.40. The molecule has 4 rings (SSSR count). The molecule has 2 aromatic carbocycles. The van der Waals surface area contributed by atoms with Crippen LogP contribution in [0.2, 0.25) is 0 Å². The Morgan fingerprint density at radius 1 is 1.04 bits per heavy atom. The van der Waals surface area contributed by atoms with Crippen molar-refractivity contribution in [3.05, 3.63) is 92.1 Å². The van der Waals surface area contributed by atoms with Gasteiger partial charge in [-0.15, -0.1) is 0 Å². The third-order valence-corrected chi connectivity index (χ3v) is 4.74. The number of anilines is 1. The number of aromatic nitrogens is 2. The third-order valence-electron chi connectivity index (χ3n) is 4.74. The summed E-state index contributed by atoms with van der Waals surface area (Å²) in [5.41, 5.74) is 0.788. The van der Waals surface area contributed by atoms with E-state index in [0.29, 0.717) is 10.6 Å². The van der Waals surface area contributed by atoms with Gasteiger partial charge in [-0.2, -0.15) is 0 Å². The Hall–Kier alpha value is -3.22. The van der Waals surface area contributed by atoms with Crippen LogP contribution in [0.4, 0.5) is 14.6 Å². The van der Waals surface area contributed by atoms with E-state index in [4.69, 9.17) is 0 Å². The number of benzene rings is 2. The van der Waals surface area contributed by atoms with E-state index in [1.165, 1.54) is 11.6 Å². The quantitative estimate of drug-likeness (QED) is 0.745. The standard InChI is InChI=1S/C20H17F2N3O2/c21-13-8-14(22)10-15(9-13)25-19(26)11-18(24-20(25)27)23-17-7-3-5-12-4-1-2-6-16(12)17/h1-2,4,6,8-11,17,23H,3,5,7H2,(H,24,27)/t17-/m0/s1. The van der Waals surface area contributed by atoms with E-state index in [2.05, 4.69) is 16.4 Å². The number of hydrogen-bond acceptors (Lipinski definition) is 3. The maximum atomic E-state index is 13.4. The maximum absolute atomic E-state index is 13.4. The second kappa shape index (κ2) is 6.83. The van der Waals surface area contributed by atoms with Crippen LogP contribution in [-0.4, -0.2) is 9.55 Å². The van der Waals surface area contributed by atoms with Crippen molar-refractivity contribution >= 4 is 5.82 Å². The molecular weight excluding hydrogens is 352 g/mol. The van der Waals surface area contributed by atoms with Gasteiger partial charge in [-0.3, -0.25) is 9.78 Å².